The van der Waals surface area contributed by atoms with Gasteiger partial charge < -0.3 is 9.47 Å². The van der Waals surface area contributed by atoms with E-state index in [9.17, 15) is 9.59 Å². The van der Waals surface area contributed by atoms with Gasteiger partial charge in [0.05, 0.1) is 0 Å². The third kappa shape index (κ3) is 5.33. The van der Waals surface area contributed by atoms with Crippen molar-refractivity contribution in [3.63, 3.8) is 0 Å². The Labute approximate surface area is 64.8 Å². The zero-order valence-electron chi connectivity index (χ0n) is 6.55. The van der Waals surface area contributed by atoms with Crippen LogP contribution in [0.3, 0.4) is 0 Å². The molecule has 11 heavy (non-hydrogen) atoms. The minimum absolute atomic E-state index is 0.000417. The molecule has 0 unspecified atom stereocenters. The molecule has 0 amide bonds. The fourth-order valence-electron chi connectivity index (χ4n) is 0.448. The highest BCUT2D eigenvalue weighted by Gasteiger charge is 2.01. The van der Waals surface area contributed by atoms with E-state index in [1.54, 1.807) is 6.92 Å². The van der Waals surface area contributed by atoms with Crippen LogP contribution in [-0.2, 0) is 19.1 Å². The van der Waals surface area contributed by atoms with Crippen LogP contribution in [-0.4, -0.2) is 25.1 Å². The van der Waals surface area contributed by atoms with Crippen LogP contribution < -0.4 is 0 Å². The average molecular weight is 158 g/mol. The summed E-state index contributed by atoms with van der Waals surface area (Å²) in [5.74, 6) is 0.816. The molecule has 0 fully saturated rings. The Morgan fingerprint density at radius 2 is 2.18 bits per heavy atom. The third-order valence-corrected chi connectivity index (χ3v) is 0.818. The zero-order valence-corrected chi connectivity index (χ0v) is 6.55. The molecule has 0 saturated carbocycles. The van der Waals surface area contributed by atoms with Gasteiger partial charge in [0.2, 0.25) is 5.76 Å². The highest BCUT2D eigenvalue weighted by molar-refractivity contribution is 5.69. The van der Waals surface area contributed by atoms with Gasteiger partial charge in [-0.1, -0.05) is 0 Å². The third-order valence-electron chi connectivity index (χ3n) is 0.818. The van der Waals surface area contributed by atoms with Gasteiger partial charge in [0, 0.05) is 13.5 Å². The molecule has 62 valence electrons. The highest BCUT2D eigenvalue weighted by atomic mass is 16.6. The Balaban J connectivity index is 3.79. The highest BCUT2D eigenvalue weighted by Crippen LogP contribution is 1.93. The summed E-state index contributed by atoms with van der Waals surface area (Å²) >= 11 is 0. The van der Waals surface area contributed by atoms with Gasteiger partial charge in [-0.25, -0.2) is 4.79 Å². The van der Waals surface area contributed by atoms with Crippen molar-refractivity contribution in [1.29, 1.82) is 0 Å². The van der Waals surface area contributed by atoms with E-state index in [1.165, 1.54) is 12.9 Å². The van der Waals surface area contributed by atoms with Gasteiger partial charge in [0.25, 0.3) is 0 Å². The van der Waals surface area contributed by atoms with E-state index < -0.39 is 5.97 Å². The van der Waals surface area contributed by atoms with Crippen molar-refractivity contribution < 1.29 is 19.1 Å². The zero-order chi connectivity index (χ0) is 8.69. The van der Waals surface area contributed by atoms with Gasteiger partial charge >= 0.3 is 5.97 Å². The molecule has 0 spiro atoms. The Morgan fingerprint density at radius 1 is 1.55 bits per heavy atom. The maximum atomic E-state index is 10.3. The molecule has 0 atom stereocenters. The number of hydrogen-bond acceptors (Lipinski definition) is 4. The SMILES string of the molecule is CCOCC(=C=O)OC(C)=O. The molecule has 0 rings (SSSR count). The molecule has 0 aromatic rings. The van der Waals surface area contributed by atoms with Gasteiger partial charge in [-0.05, 0) is 6.92 Å². The quantitative estimate of drug-likeness (QED) is 0.335. The first kappa shape index (κ1) is 9.88. The minimum atomic E-state index is -0.539. The van der Waals surface area contributed by atoms with Gasteiger partial charge in [-0.15, -0.1) is 0 Å². The Kier molecular flexibility index (Phi) is 5.07. The lowest BCUT2D eigenvalue weighted by Crippen LogP contribution is -2.06. The van der Waals surface area contributed by atoms with E-state index in [4.69, 9.17) is 4.74 Å². The maximum Gasteiger partial charge on any atom is 0.308 e. The molecule has 0 aliphatic heterocycles. The molecular formula is C7H10O4. The van der Waals surface area contributed by atoms with Crippen molar-refractivity contribution in [2.75, 3.05) is 13.2 Å². The van der Waals surface area contributed by atoms with Gasteiger partial charge in [0.15, 0.2) is 5.94 Å². The molecule has 4 nitrogen and oxygen atoms in total. The second-order valence-corrected chi connectivity index (χ2v) is 1.76. The first-order chi connectivity index (χ1) is 5.20. The predicted molar refractivity (Wildman–Crippen MR) is 37.5 cm³/mol. The van der Waals surface area contributed by atoms with Crippen molar-refractivity contribution >= 4 is 11.9 Å². The molecule has 0 saturated heterocycles. The fourth-order valence-corrected chi connectivity index (χ4v) is 0.448. The minimum Gasteiger partial charge on any atom is -0.417 e. The smallest absolute Gasteiger partial charge is 0.308 e. The maximum absolute atomic E-state index is 10.3. The van der Waals surface area contributed by atoms with Crippen LogP contribution in [0, 0.1) is 0 Å². The molecule has 0 aromatic heterocycles. The summed E-state index contributed by atoms with van der Waals surface area (Å²) in [5.41, 5.74) is 0. The van der Waals surface area contributed by atoms with Crippen molar-refractivity contribution in [3.05, 3.63) is 5.76 Å². The van der Waals surface area contributed by atoms with Crippen LogP contribution in [0.1, 0.15) is 13.8 Å². The van der Waals surface area contributed by atoms with Crippen LogP contribution in [0.4, 0.5) is 0 Å². The van der Waals surface area contributed by atoms with Crippen LogP contribution in [0.5, 0.6) is 0 Å². The van der Waals surface area contributed by atoms with Crippen LogP contribution >= 0.6 is 0 Å². The normalized spacial score (nSPS) is 8.55. The number of ether oxygens (including phenoxy) is 2. The number of carbonyl (C=O) groups excluding carboxylic acids is 2. The second-order valence-electron chi connectivity index (χ2n) is 1.76. The monoisotopic (exact) mass is 158 g/mol. The van der Waals surface area contributed by atoms with Gasteiger partial charge in [-0.3, -0.25) is 4.79 Å². The molecule has 0 aliphatic rings. The molecule has 4 heteroatoms. The average Bonchev–Trinajstić information content (AvgIpc) is 1.97. The molecular weight excluding hydrogens is 148 g/mol. The number of carbonyl (C=O) groups is 1. The summed E-state index contributed by atoms with van der Waals surface area (Å²) in [5, 5.41) is 0. The lowest BCUT2D eigenvalue weighted by molar-refractivity contribution is -0.137. The molecule has 0 heterocycles. The van der Waals surface area contributed by atoms with Crippen molar-refractivity contribution in [2.24, 2.45) is 0 Å². The molecule has 0 radical (unpaired) electrons. The fraction of sp³-hybridized carbons (Fsp3) is 0.571. The van der Waals surface area contributed by atoms with Crippen LogP contribution in [0.2, 0.25) is 0 Å². The lowest BCUT2D eigenvalue weighted by Gasteiger charge is -2.01. The molecule has 0 N–H and O–H groups in total. The summed E-state index contributed by atoms with van der Waals surface area (Å²) in [4.78, 5) is 20.3. The van der Waals surface area contributed by atoms with Crippen LogP contribution in [0.25, 0.3) is 0 Å². The van der Waals surface area contributed by atoms with E-state index in [-0.39, 0.29) is 12.4 Å². The van der Waals surface area contributed by atoms with E-state index >= 15 is 0 Å². The van der Waals surface area contributed by atoms with Crippen molar-refractivity contribution in [1.82, 2.24) is 0 Å². The predicted octanol–water partition coefficient (Wildman–Crippen LogP) is 0.302. The van der Waals surface area contributed by atoms with Gasteiger partial charge in [0.1, 0.15) is 6.61 Å². The largest absolute Gasteiger partial charge is 0.417 e. The number of rotatable bonds is 4. The number of esters is 1. The van der Waals surface area contributed by atoms with E-state index in [0.29, 0.717) is 6.61 Å². The number of hydrogen-bond donors (Lipinski definition) is 0. The lowest BCUT2D eigenvalue weighted by atomic mass is 10.6. The Morgan fingerprint density at radius 3 is 2.55 bits per heavy atom. The molecule has 0 aromatic carbocycles. The first-order valence-corrected chi connectivity index (χ1v) is 3.20. The molecule has 0 bridgehead atoms. The van der Waals surface area contributed by atoms with Gasteiger partial charge in [-0.2, -0.15) is 0 Å². The van der Waals surface area contributed by atoms with E-state index in [1.807, 2.05) is 0 Å². The summed E-state index contributed by atoms with van der Waals surface area (Å²) in [7, 11) is 0. The summed E-state index contributed by atoms with van der Waals surface area (Å²) in [6.07, 6.45) is 0. The van der Waals surface area contributed by atoms with Crippen molar-refractivity contribution in [3.8, 4) is 0 Å². The summed E-state index contributed by atoms with van der Waals surface area (Å²) in [6.45, 7) is 3.45. The van der Waals surface area contributed by atoms with Crippen LogP contribution in [0.15, 0.2) is 5.76 Å². The standard InChI is InChI=1S/C7H10O4/c1-3-10-5-7(4-8)11-6(2)9/h3,5H2,1-2H3. The van der Waals surface area contributed by atoms with E-state index in [0.717, 1.165) is 0 Å². The summed E-state index contributed by atoms with van der Waals surface area (Å²) < 4.78 is 9.24. The summed E-state index contributed by atoms with van der Waals surface area (Å²) in [6, 6.07) is 0. The first-order valence-electron chi connectivity index (χ1n) is 3.20. The topological polar surface area (TPSA) is 52.6 Å². The Bertz CT molecular complexity index is 179. The molecule has 0 aliphatic carbocycles. The second kappa shape index (κ2) is 5.65. The van der Waals surface area contributed by atoms with E-state index in [2.05, 4.69) is 4.74 Å². The Hall–Kier alpha value is -1.12. The van der Waals surface area contributed by atoms with Crippen molar-refractivity contribution in [2.45, 2.75) is 13.8 Å².